The van der Waals surface area contributed by atoms with Crippen molar-refractivity contribution in [2.45, 2.75) is 12.8 Å². The van der Waals surface area contributed by atoms with Crippen LogP contribution in [0.2, 0.25) is 0 Å². The van der Waals surface area contributed by atoms with Gasteiger partial charge in [-0.3, -0.25) is 4.79 Å². The zero-order valence-corrected chi connectivity index (χ0v) is 14.0. The van der Waals surface area contributed by atoms with E-state index in [2.05, 4.69) is 10.6 Å². The molecule has 0 radical (unpaired) electrons. The summed E-state index contributed by atoms with van der Waals surface area (Å²) in [6.07, 6.45) is 1.27. The molecule has 0 aliphatic carbocycles. The second-order valence-electron chi connectivity index (χ2n) is 5.31. The van der Waals surface area contributed by atoms with E-state index in [1.807, 2.05) is 54.6 Å². The molecule has 0 fully saturated rings. The second-order valence-corrected chi connectivity index (χ2v) is 5.31. The van der Waals surface area contributed by atoms with Crippen molar-refractivity contribution in [1.29, 1.82) is 0 Å². The van der Waals surface area contributed by atoms with Gasteiger partial charge in [-0.05, 0) is 42.8 Å². The molecule has 2 aromatic rings. The maximum absolute atomic E-state index is 11.6. The summed E-state index contributed by atoms with van der Waals surface area (Å²) in [5, 5.41) is 6.09. The van der Waals surface area contributed by atoms with Crippen molar-refractivity contribution in [3.05, 3.63) is 54.6 Å². The lowest BCUT2D eigenvalue weighted by molar-refractivity contribution is -0.120. The van der Waals surface area contributed by atoms with E-state index in [1.165, 1.54) is 0 Å². The lowest BCUT2D eigenvalue weighted by Gasteiger charge is -2.09. The Morgan fingerprint density at radius 2 is 1.67 bits per heavy atom. The molecule has 2 rings (SSSR count). The highest BCUT2D eigenvalue weighted by atomic mass is 16.5. The topological polar surface area (TPSA) is 59.6 Å². The third kappa shape index (κ3) is 6.71. The summed E-state index contributed by atoms with van der Waals surface area (Å²) in [4.78, 5) is 11.6. The number of hydrogen-bond acceptors (Lipinski definition) is 4. The molecule has 2 aromatic carbocycles. The third-order valence-electron chi connectivity index (χ3n) is 3.36. The van der Waals surface area contributed by atoms with Gasteiger partial charge in [-0.25, -0.2) is 0 Å². The summed E-state index contributed by atoms with van der Waals surface area (Å²) in [6.45, 7) is 1.91. The zero-order chi connectivity index (χ0) is 17.0. The average molecular weight is 328 g/mol. The van der Waals surface area contributed by atoms with E-state index in [1.54, 1.807) is 7.11 Å². The lowest BCUT2D eigenvalue weighted by atomic mass is 10.3. The molecule has 2 N–H and O–H groups in total. The van der Waals surface area contributed by atoms with Gasteiger partial charge in [0.15, 0.2) is 0 Å². The second kappa shape index (κ2) is 10.3. The number of methoxy groups -OCH3 is 1. The molecule has 5 nitrogen and oxygen atoms in total. The summed E-state index contributed by atoms with van der Waals surface area (Å²) in [7, 11) is 1.65. The molecule has 0 atom stereocenters. The summed E-state index contributed by atoms with van der Waals surface area (Å²) < 4.78 is 10.7. The van der Waals surface area contributed by atoms with Crippen molar-refractivity contribution < 1.29 is 14.3 Å². The van der Waals surface area contributed by atoms with Crippen LogP contribution in [0.5, 0.6) is 11.5 Å². The van der Waals surface area contributed by atoms with Crippen LogP contribution in [0.1, 0.15) is 12.8 Å². The molecule has 0 saturated heterocycles. The molecule has 0 aliphatic rings. The van der Waals surface area contributed by atoms with Crippen molar-refractivity contribution in [2.24, 2.45) is 0 Å². The van der Waals surface area contributed by atoms with Crippen molar-refractivity contribution in [3.8, 4) is 11.5 Å². The van der Waals surface area contributed by atoms with Crippen molar-refractivity contribution >= 4 is 11.6 Å². The Kier molecular flexibility index (Phi) is 7.63. The standard InChI is InChI=1S/C19H24N2O3/c1-23-15-5-13-21-19(22)12-14-20-16-8-10-18(11-9-16)24-17-6-3-2-4-7-17/h2-4,6-11,20H,5,12-15H2,1H3,(H,21,22). The highest BCUT2D eigenvalue weighted by Crippen LogP contribution is 2.22. The average Bonchev–Trinajstić information content (AvgIpc) is 2.61. The predicted octanol–water partition coefficient (Wildman–Crippen LogP) is 3.43. The maximum Gasteiger partial charge on any atom is 0.221 e. The lowest BCUT2D eigenvalue weighted by Crippen LogP contribution is -2.26. The number of amides is 1. The van der Waals surface area contributed by atoms with Gasteiger partial charge in [-0.2, -0.15) is 0 Å². The Balaban J connectivity index is 1.67. The van der Waals surface area contributed by atoms with Crippen LogP contribution in [-0.2, 0) is 9.53 Å². The molecule has 128 valence electrons. The van der Waals surface area contributed by atoms with E-state index in [-0.39, 0.29) is 5.91 Å². The third-order valence-corrected chi connectivity index (χ3v) is 3.36. The van der Waals surface area contributed by atoms with Gasteiger partial charge in [0.05, 0.1) is 0 Å². The number of hydrogen-bond donors (Lipinski definition) is 2. The fraction of sp³-hybridized carbons (Fsp3) is 0.316. The van der Waals surface area contributed by atoms with Gasteiger partial charge < -0.3 is 20.1 Å². The van der Waals surface area contributed by atoms with Gasteiger partial charge in [0, 0.05) is 38.9 Å². The first kappa shape index (κ1) is 17.8. The summed E-state index contributed by atoms with van der Waals surface area (Å²) >= 11 is 0. The molecule has 0 unspecified atom stereocenters. The Morgan fingerprint density at radius 3 is 2.38 bits per heavy atom. The smallest absolute Gasteiger partial charge is 0.221 e. The molecular weight excluding hydrogens is 304 g/mol. The Bertz CT molecular complexity index is 600. The molecule has 5 heteroatoms. The maximum atomic E-state index is 11.6. The molecule has 0 heterocycles. The van der Waals surface area contributed by atoms with Crippen LogP contribution in [0.15, 0.2) is 54.6 Å². The normalized spacial score (nSPS) is 10.2. The van der Waals surface area contributed by atoms with Gasteiger partial charge in [-0.1, -0.05) is 18.2 Å². The van der Waals surface area contributed by atoms with E-state index >= 15 is 0 Å². The number of carbonyl (C=O) groups excluding carboxylic acids is 1. The molecule has 0 aromatic heterocycles. The molecule has 0 spiro atoms. The first-order valence-electron chi connectivity index (χ1n) is 8.10. The summed E-state index contributed by atoms with van der Waals surface area (Å²) in [5.74, 6) is 1.63. The highest BCUT2D eigenvalue weighted by Gasteiger charge is 2.01. The largest absolute Gasteiger partial charge is 0.457 e. The van der Waals surface area contributed by atoms with Crippen LogP contribution in [0.4, 0.5) is 5.69 Å². The summed E-state index contributed by atoms with van der Waals surface area (Å²) in [6, 6.07) is 17.3. The number of anilines is 1. The SMILES string of the molecule is COCCCNC(=O)CCNc1ccc(Oc2ccccc2)cc1. The Hall–Kier alpha value is -2.53. The van der Waals surface area contributed by atoms with Crippen molar-refractivity contribution in [2.75, 3.05) is 32.1 Å². The van der Waals surface area contributed by atoms with E-state index in [0.717, 1.165) is 23.6 Å². The van der Waals surface area contributed by atoms with E-state index < -0.39 is 0 Å². The minimum Gasteiger partial charge on any atom is -0.457 e. The van der Waals surface area contributed by atoms with Crippen LogP contribution in [0.25, 0.3) is 0 Å². The predicted molar refractivity (Wildman–Crippen MR) is 95.6 cm³/mol. The van der Waals surface area contributed by atoms with E-state index in [9.17, 15) is 4.79 Å². The Labute approximate surface area is 143 Å². The minimum atomic E-state index is 0.0441. The van der Waals surface area contributed by atoms with Gasteiger partial charge >= 0.3 is 0 Å². The van der Waals surface area contributed by atoms with Crippen LogP contribution < -0.4 is 15.4 Å². The summed E-state index contributed by atoms with van der Waals surface area (Å²) in [5.41, 5.74) is 0.961. The highest BCUT2D eigenvalue weighted by molar-refractivity contribution is 5.76. The van der Waals surface area contributed by atoms with E-state index in [4.69, 9.17) is 9.47 Å². The molecule has 0 saturated carbocycles. The van der Waals surface area contributed by atoms with Crippen molar-refractivity contribution in [1.82, 2.24) is 5.32 Å². The van der Waals surface area contributed by atoms with Crippen molar-refractivity contribution in [3.63, 3.8) is 0 Å². The molecular formula is C19H24N2O3. The van der Waals surface area contributed by atoms with Crippen LogP contribution in [-0.4, -0.2) is 32.7 Å². The van der Waals surface area contributed by atoms with Crippen LogP contribution in [0.3, 0.4) is 0 Å². The fourth-order valence-electron chi connectivity index (χ4n) is 2.12. The van der Waals surface area contributed by atoms with Crippen LogP contribution >= 0.6 is 0 Å². The number of carbonyl (C=O) groups is 1. The zero-order valence-electron chi connectivity index (χ0n) is 14.0. The number of nitrogens with one attached hydrogen (secondary N) is 2. The molecule has 0 aliphatic heterocycles. The number of para-hydroxylation sites is 1. The fourth-order valence-corrected chi connectivity index (χ4v) is 2.12. The van der Waals surface area contributed by atoms with E-state index in [0.29, 0.717) is 26.1 Å². The van der Waals surface area contributed by atoms with Gasteiger partial charge in [0.25, 0.3) is 0 Å². The van der Waals surface area contributed by atoms with Crippen LogP contribution in [0, 0.1) is 0 Å². The number of ether oxygens (including phenoxy) is 2. The minimum absolute atomic E-state index is 0.0441. The molecule has 1 amide bonds. The Morgan fingerprint density at radius 1 is 0.958 bits per heavy atom. The number of rotatable bonds is 10. The van der Waals surface area contributed by atoms with Gasteiger partial charge in [0.2, 0.25) is 5.91 Å². The number of benzene rings is 2. The first-order chi connectivity index (χ1) is 11.8. The monoisotopic (exact) mass is 328 g/mol. The van der Waals surface area contributed by atoms with Gasteiger partial charge in [0.1, 0.15) is 11.5 Å². The quantitative estimate of drug-likeness (QED) is 0.656. The molecule has 0 bridgehead atoms. The van der Waals surface area contributed by atoms with Gasteiger partial charge in [-0.15, -0.1) is 0 Å². The molecule has 24 heavy (non-hydrogen) atoms. The first-order valence-corrected chi connectivity index (χ1v) is 8.10.